The van der Waals surface area contributed by atoms with Crippen LogP contribution in [0.15, 0.2) is 93.9 Å². The first-order chi connectivity index (χ1) is 35.4. The normalized spacial score (nSPS) is 13.7. The molecule has 4 aromatic rings. The van der Waals surface area contributed by atoms with E-state index in [1.165, 1.54) is 0 Å². The Bertz CT molecular complexity index is 2430. The van der Waals surface area contributed by atoms with E-state index in [9.17, 15) is 51.7 Å². The van der Waals surface area contributed by atoms with Crippen LogP contribution in [0.1, 0.15) is 114 Å². The molecule has 0 aliphatic heterocycles. The van der Waals surface area contributed by atoms with Gasteiger partial charge in [0.1, 0.15) is 46.5 Å². The van der Waals surface area contributed by atoms with Crippen molar-refractivity contribution < 1.29 is 56.5 Å². The van der Waals surface area contributed by atoms with Gasteiger partial charge in [0, 0.05) is 59.8 Å². The summed E-state index contributed by atoms with van der Waals surface area (Å²) in [6, 6.07) is 19.1. The maximum Gasteiger partial charge on any atom is 0.407 e. The van der Waals surface area contributed by atoms with Crippen LogP contribution in [0.3, 0.4) is 0 Å². The van der Waals surface area contributed by atoms with Gasteiger partial charge in [0.05, 0.1) is 6.04 Å². The lowest BCUT2D eigenvalue weighted by molar-refractivity contribution is -0.131. The van der Waals surface area contributed by atoms with Crippen LogP contribution in [0.2, 0.25) is 0 Å². The number of carbonyl (C=O) groups is 5. The summed E-state index contributed by atoms with van der Waals surface area (Å²) in [6.45, 7) is 7.68. The Labute approximate surface area is 455 Å². The van der Waals surface area contributed by atoms with Crippen LogP contribution in [-0.2, 0) is 49.6 Å². The lowest BCUT2D eigenvalue weighted by atomic mass is 9.94. The molecule has 412 valence electrons. The van der Waals surface area contributed by atoms with Crippen molar-refractivity contribution in [2.24, 2.45) is 17.4 Å². The highest BCUT2D eigenvalue weighted by atomic mass is 79.9. The number of aliphatic hydroxyl groups excluding tert-OH is 2. The van der Waals surface area contributed by atoms with Crippen LogP contribution < -0.4 is 27.4 Å². The van der Waals surface area contributed by atoms with Gasteiger partial charge < -0.3 is 42.4 Å². The van der Waals surface area contributed by atoms with E-state index in [2.05, 4.69) is 47.8 Å². The Morgan fingerprint density at radius 2 is 1.05 bits per heavy atom. The highest BCUT2D eigenvalue weighted by Crippen LogP contribution is 2.20. The number of hydrogen-bond acceptors (Lipinski definition) is 10. The molecule has 0 saturated carbocycles. The molecule has 2 unspecified atom stereocenters. The summed E-state index contributed by atoms with van der Waals surface area (Å²) in [5.74, 6) is -3.28. The molecule has 0 heterocycles. The largest absolute Gasteiger partial charge is 0.444 e. The number of hydrogen-bond donors (Lipinski definition) is 7. The van der Waals surface area contributed by atoms with Gasteiger partial charge in [-0.15, -0.1) is 0 Å². The first kappa shape index (κ1) is 64.2. The number of carbonyl (C=O) groups excluding carboxylic acids is 5. The SMILES string of the molecule is CC(CC(=O)CCCCCNC(=O)[C@@H](O)[C@@H](Cc1ccc(Br)cc1)NC(=O)OC(C)(C)C)Cc1cc(F)ccc1F.NC(CC(=O)CCCCCNC(=O)[C@@H](O)[C@H](N)Cc1ccc(Br)cc1)Cc1cc(F)ccc1F. The molecule has 0 aliphatic rings. The number of amides is 3. The zero-order valence-corrected chi connectivity index (χ0v) is 46.3. The van der Waals surface area contributed by atoms with Crippen LogP contribution in [0.4, 0.5) is 22.4 Å². The van der Waals surface area contributed by atoms with Gasteiger partial charge >= 0.3 is 6.09 Å². The zero-order chi connectivity index (χ0) is 55.7. The number of ketones is 2. The number of halogens is 6. The van der Waals surface area contributed by atoms with E-state index in [0.29, 0.717) is 70.9 Å². The third-order valence-corrected chi connectivity index (χ3v) is 12.8. The molecule has 6 atom stereocenters. The molecular formula is C56H73Br2F4N5O8. The fourth-order valence-corrected chi connectivity index (χ4v) is 8.45. The van der Waals surface area contributed by atoms with Gasteiger partial charge in [-0.05, 0) is 161 Å². The number of ether oxygens (including phenoxy) is 1. The number of benzene rings is 4. The minimum absolute atomic E-state index is 0.0392. The van der Waals surface area contributed by atoms with Gasteiger partial charge in [0.25, 0.3) is 5.91 Å². The number of aliphatic hydroxyl groups is 2. The molecule has 0 fully saturated rings. The Balaban J connectivity index is 0.000000402. The number of nitrogens with one attached hydrogen (secondary N) is 3. The highest BCUT2D eigenvalue weighted by Gasteiger charge is 2.30. The van der Waals surface area contributed by atoms with Crippen LogP contribution in [-0.4, -0.2) is 88.7 Å². The maximum atomic E-state index is 13.8. The van der Waals surface area contributed by atoms with Crippen molar-refractivity contribution in [3.05, 3.63) is 139 Å². The quantitative estimate of drug-likeness (QED) is 0.0202. The highest BCUT2D eigenvalue weighted by molar-refractivity contribution is 9.10. The number of nitrogens with two attached hydrogens (primary N) is 2. The minimum atomic E-state index is -1.50. The molecule has 3 amide bonds. The van der Waals surface area contributed by atoms with E-state index in [-0.39, 0.29) is 60.7 Å². The Kier molecular flexibility index (Phi) is 28.4. The molecular weight excluding hydrogens is 1110 g/mol. The molecule has 0 bridgehead atoms. The molecule has 0 aromatic heterocycles. The van der Waals surface area contributed by atoms with E-state index < -0.39 is 77.1 Å². The Morgan fingerprint density at radius 1 is 0.600 bits per heavy atom. The molecule has 0 radical (unpaired) electrons. The van der Waals surface area contributed by atoms with E-state index >= 15 is 0 Å². The molecule has 19 heteroatoms. The number of alkyl carbamates (subject to hydrolysis) is 1. The van der Waals surface area contributed by atoms with Crippen molar-refractivity contribution in [2.75, 3.05) is 13.1 Å². The fourth-order valence-electron chi connectivity index (χ4n) is 7.92. The molecule has 0 spiro atoms. The molecule has 75 heavy (non-hydrogen) atoms. The smallest absolute Gasteiger partial charge is 0.407 e. The van der Waals surface area contributed by atoms with E-state index in [1.54, 1.807) is 20.8 Å². The predicted molar refractivity (Wildman–Crippen MR) is 288 cm³/mol. The Hall–Kier alpha value is -5.05. The van der Waals surface area contributed by atoms with Crippen molar-refractivity contribution in [2.45, 2.75) is 154 Å². The van der Waals surface area contributed by atoms with Crippen molar-refractivity contribution in [1.29, 1.82) is 0 Å². The second-order valence-electron chi connectivity index (χ2n) is 19.9. The molecule has 4 rings (SSSR count). The number of rotatable bonds is 29. The van der Waals surface area contributed by atoms with Gasteiger partial charge in [0.15, 0.2) is 6.10 Å². The second kappa shape index (κ2) is 33.2. The summed E-state index contributed by atoms with van der Waals surface area (Å²) in [5.41, 5.74) is 13.3. The molecule has 4 aromatic carbocycles. The lowest BCUT2D eigenvalue weighted by Gasteiger charge is -2.26. The van der Waals surface area contributed by atoms with Gasteiger partial charge in [0.2, 0.25) is 5.91 Å². The third kappa shape index (κ3) is 26.5. The van der Waals surface area contributed by atoms with Crippen molar-refractivity contribution in [3.8, 4) is 0 Å². The van der Waals surface area contributed by atoms with Crippen LogP contribution in [0.5, 0.6) is 0 Å². The number of unbranched alkanes of at least 4 members (excludes halogenated alkanes) is 4. The first-order valence-corrected chi connectivity index (χ1v) is 26.8. The van der Waals surface area contributed by atoms with Crippen LogP contribution in [0, 0.1) is 29.2 Å². The van der Waals surface area contributed by atoms with Gasteiger partial charge in [-0.3, -0.25) is 19.2 Å². The maximum absolute atomic E-state index is 13.8. The molecule has 13 nitrogen and oxygen atoms in total. The Morgan fingerprint density at radius 3 is 1.55 bits per heavy atom. The molecule has 0 aliphatic carbocycles. The molecule has 0 saturated heterocycles. The monoisotopic (exact) mass is 1180 g/mol. The number of Topliss-reactive ketones (excluding diaryl/α,β-unsaturated/α-hetero) is 2. The van der Waals surface area contributed by atoms with E-state index in [0.717, 1.165) is 56.5 Å². The molecule has 9 N–H and O–H groups in total. The fraction of sp³-hybridized carbons (Fsp3) is 0.482. The van der Waals surface area contributed by atoms with Crippen molar-refractivity contribution >= 4 is 61.3 Å². The third-order valence-electron chi connectivity index (χ3n) is 11.8. The zero-order valence-electron chi connectivity index (χ0n) is 43.1. The minimum Gasteiger partial charge on any atom is -0.444 e. The summed E-state index contributed by atoms with van der Waals surface area (Å²) >= 11 is 6.72. The predicted octanol–water partition coefficient (Wildman–Crippen LogP) is 9.20. The van der Waals surface area contributed by atoms with Crippen molar-refractivity contribution in [1.82, 2.24) is 16.0 Å². The summed E-state index contributed by atoms with van der Waals surface area (Å²) < 4.78 is 61.3. The van der Waals surface area contributed by atoms with Gasteiger partial charge in [-0.25, -0.2) is 22.4 Å². The van der Waals surface area contributed by atoms with Crippen LogP contribution in [0.25, 0.3) is 0 Å². The van der Waals surface area contributed by atoms with Crippen LogP contribution >= 0.6 is 31.9 Å². The summed E-state index contributed by atoms with van der Waals surface area (Å²) in [6.07, 6.45) is 2.39. The average Bonchev–Trinajstić information content (AvgIpc) is 3.33. The average molecular weight is 1180 g/mol. The van der Waals surface area contributed by atoms with Crippen molar-refractivity contribution in [3.63, 3.8) is 0 Å². The van der Waals surface area contributed by atoms with Gasteiger partial charge in [-0.1, -0.05) is 75.9 Å². The summed E-state index contributed by atoms with van der Waals surface area (Å²) in [7, 11) is 0. The van der Waals surface area contributed by atoms with Gasteiger partial charge in [-0.2, -0.15) is 0 Å². The summed E-state index contributed by atoms with van der Waals surface area (Å²) in [4.78, 5) is 61.6. The lowest BCUT2D eigenvalue weighted by Crippen LogP contribution is -2.52. The second-order valence-corrected chi connectivity index (χ2v) is 21.7. The topological polar surface area (TPSA) is 223 Å². The first-order valence-electron chi connectivity index (χ1n) is 25.2. The van der Waals surface area contributed by atoms with E-state index in [1.807, 2.05) is 55.5 Å². The summed E-state index contributed by atoms with van der Waals surface area (Å²) in [5, 5.41) is 28.9. The van der Waals surface area contributed by atoms with E-state index in [4.69, 9.17) is 16.2 Å². The standard InChI is InChI=1S/C31H41BrF2N2O5.C25H32BrF2N3O3/c1-20(16-22-19-24(33)13-14-26(22)34)17-25(37)8-6-5-7-15-35-29(39)28(38)27(36-30(40)41-31(2,3)4)18-21-9-11-23(32)12-10-21;26-18-7-5-16(6-8-18)12-23(30)24(33)25(34)31-11-3-1-2-4-21(32)15-20(29)14-17-13-19(27)9-10-22(17)28/h9-14,19-20,27-28,38H,5-8,15-18H2,1-4H3,(H,35,39)(H,36,40);5-10,13,20,23-24,33H,1-4,11-12,14-15,29-30H2,(H,31,34)/t20?,27-,28+;20?,23-,24+/m11/s1.